The quantitative estimate of drug-likeness (QED) is 0.673. The first-order valence-corrected chi connectivity index (χ1v) is 8.55. The molecule has 25 heavy (non-hydrogen) atoms. The van der Waals surface area contributed by atoms with Crippen molar-refractivity contribution >= 4 is 39.9 Å². The number of carbonyl (C=O) groups is 2. The predicted octanol–water partition coefficient (Wildman–Crippen LogP) is 4.97. The van der Waals surface area contributed by atoms with Crippen molar-refractivity contribution in [3.63, 3.8) is 0 Å². The Morgan fingerprint density at radius 2 is 1.84 bits per heavy atom. The normalized spacial score (nSPS) is 13.8. The topological polar surface area (TPSA) is 59.3 Å². The number of ketones is 1. The lowest BCUT2D eigenvalue weighted by Gasteiger charge is -2.03. The van der Waals surface area contributed by atoms with E-state index in [9.17, 15) is 9.59 Å². The maximum Gasteiger partial charge on any atom is 0.228 e. The first kappa shape index (κ1) is 15.9. The van der Waals surface area contributed by atoms with E-state index in [0.29, 0.717) is 27.6 Å². The average Bonchev–Trinajstić information content (AvgIpc) is 3.40. The number of furan rings is 1. The molecule has 1 aromatic heterocycles. The monoisotopic (exact) mass is 353 g/mol. The Balaban J connectivity index is 1.67. The number of benzene rings is 2. The summed E-state index contributed by atoms with van der Waals surface area (Å²) in [5, 5.41) is 4.33. The Morgan fingerprint density at radius 1 is 1.12 bits per heavy atom. The summed E-state index contributed by atoms with van der Waals surface area (Å²) in [4.78, 5) is 24.6. The van der Waals surface area contributed by atoms with Gasteiger partial charge in [-0.05, 0) is 56.2 Å². The minimum Gasteiger partial charge on any atom is -0.452 e. The van der Waals surface area contributed by atoms with Crippen LogP contribution in [0.2, 0.25) is 5.02 Å². The van der Waals surface area contributed by atoms with Gasteiger partial charge >= 0.3 is 0 Å². The highest BCUT2D eigenvalue weighted by molar-refractivity contribution is 6.30. The third-order valence-corrected chi connectivity index (χ3v) is 4.72. The largest absolute Gasteiger partial charge is 0.452 e. The van der Waals surface area contributed by atoms with E-state index in [1.54, 1.807) is 30.3 Å². The molecule has 0 atom stereocenters. The van der Waals surface area contributed by atoms with Gasteiger partial charge in [-0.2, -0.15) is 0 Å². The van der Waals surface area contributed by atoms with E-state index in [4.69, 9.17) is 16.0 Å². The second kappa shape index (κ2) is 6.05. The number of hydrogen-bond donors (Lipinski definition) is 1. The van der Waals surface area contributed by atoms with Crippen LogP contribution in [0.3, 0.4) is 0 Å². The second-order valence-corrected chi connectivity index (χ2v) is 6.80. The van der Waals surface area contributed by atoms with Crippen molar-refractivity contribution in [1.82, 2.24) is 0 Å². The minimum absolute atomic E-state index is 0.0418. The van der Waals surface area contributed by atoms with Crippen LogP contribution in [-0.4, -0.2) is 11.7 Å². The molecule has 1 amide bonds. The van der Waals surface area contributed by atoms with E-state index < -0.39 is 0 Å². The lowest BCUT2D eigenvalue weighted by atomic mass is 10.0. The first-order chi connectivity index (χ1) is 12.0. The molecule has 0 spiro atoms. The average molecular weight is 354 g/mol. The highest BCUT2D eigenvalue weighted by atomic mass is 35.5. The van der Waals surface area contributed by atoms with E-state index >= 15 is 0 Å². The molecule has 3 aromatic rings. The van der Waals surface area contributed by atoms with Crippen LogP contribution in [-0.2, 0) is 4.79 Å². The van der Waals surface area contributed by atoms with Crippen molar-refractivity contribution in [2.45, 2.75) is 19.8 Å². The summed E-state index contributed by atoms with van der Waals surface area (Å²) in [5.74, 6) is 0.299. The molecule has 5 heteroatoms. The van der Waals surface area contributed by atoms with Crippen LogP contribution in [0.15, 0.2) is 46.9 Å². The van der Waals surface area contributed by atoms with Gasteiger partial charge in [0.15, 0.2) is 5.76 Å². The third kappa shape index (κ3) is 3.05. The lowest BCUT2D eigenvalue weighted by Crippen LogP contribution is -2.12. The summed E-state index contributed by atoms with van der Waals surface area (Å²) in [6, 6.07) is 12.2. The van der Waals surface area contributed by atoms with Gasteiger partial charge in [-0.15, -0.1) is 0 Å². The molecule has 0 aliphatic heterocycles. The number of anilines is 1. The molecule has 0 bridgehead atoms. The van der Waals surface area contributed by atoms with Gasteiger partial charge in [-0.25, -0.2) is 0 Å². The molecule has 0 saturated heterocycles. The smallest absolute Gasteiger partial charge is 0.228 e. The number of halogens is 1. The van der Waals surface area contributed by atoms with Crippen LogP contribution in [0.5, 0.6) is 0 Å². The first-order valence-electron chi connectivity index (χ1n) is 8.17. The lowest BCUT2D eigenvalue weighted by molar-refractivity contribution is -0.117. The molecule has 1 fully saturated rings. The Kier molecular flexibility index (Phi) is 3.85. The number of carbonyl (C=O) groups excluding carboxylic acids is 2. The van der Waals surface area contributed by atoms with Gasteiger partial charge in [0, 0.05) is 39.2 Å². The zero-order valence-corrected chi connectivity index (χ0v) is 14.4. The van der Waals surface area contributed by atoms with Gasteiger partial charge in [-0.1, -0.05) is 11.6 Å². The molecule has 126 valence electrons. The van der Waals surface area contributed by atoms with Gasteiger partial charge in [-0.3, -0.25) is 9.59 Å². The van der Waals surface area contributed by atoms with Gasteiger partial charge in [0.1, 0.15) is 5.58 Å². The summed E-state index contributed by atoms with van der Waals surface area (Å²) in [6.07, 6.45) is 1.90. The Morgan fingerprint density at radius 3 is 2.52 bits per heavy atom. The molecular weight excluding hydrogens is 338 g/mol. The van der Waals surface area contributed by atoms with Crippen LogP contribution >= 0.6 is 11.6 Å². The fourth-order valence-corrected chi connectivity index (χ4v) is 2.97. The number of rotatable bonds is 4. The summed E-state index contributed by atoms with van der Waals surface area (Å²) >= 11 is 5.87. The zero-order chi connectivity index (χ0) is 17.6. The van der Waals surface area contributed by atoms with Crippen LogP contribution in [0.25, 0.3) is 11.0 Å². The molecule has 1 saturated carbocycles. The molecule has 2 aromatic carbocycles. The summed E-state index contributed by atoms with van der Waals surface area (Å²) in [5.41, 5.74) is 2.58. The van der Waals surface area contributed by atoms with Crippen molar-refractivity contribution in [2.75, 3.05) is 5.32 Å². The second-order valence-electron chi connectivity index (χ2n) is 6.37. The molecule has 0 radical (unpaired) electrons. The molecule has 4 rings (SSSR count). The molecule has 0 unspecified atom stereocenters. The Bertz CT molecular complexity index is 984. The minimum atomic E-state index is -0.186. The highest BCUT2D eigenvalue weighted by Gasteiger charge is 2.29. The van der Waals surface area contributed by atoms with Crippen molar-refractivity contribution in [2.24, 2.45) is 5.92 Å². The number of amides is 1. The van der Waals surface area contributed by atoms with Gasteiger partial charge in [0.25, 0.3) is 0 Å². The standard InChI is InChI=1S/C20H16ClNO3/c1-11-16-9-8-15(22-20(24)13-2-3-13)10-17(16)25-19(11)18(23)12-4-6-14(21)7-5-12/h4-10,13H,2-3H2,1H3,(H,22,24). The predicted molar refractivity (Wildman–Crippen MR) is 97.2 cm³/mol. The molecule has 1 aliphatic carbocycles. The fourth-order valence-electron chi connectivity index (χ4n) is 2.84. The van der Waals surface area contributed by atoms with Crippen molar-refractivity contribution in [3.8, 4) is 0 Å². The van der Waals surface area contributed by atoms with Crippen LogP contribution < -0.4 is 5.32 Å². The van der Waals surface area contributed by atoms with E-state index in [1.807, 2.05) is 19.1 Å². The Labute approximate surface area is 149 Å². The SMILES string of the molecule is Cc1c(C(=O)c2ccc(Cl)cc2)oc2cc(NC(=O)C3CC3)ccc12. The Hall–Kier alpha value is -2.59. The van der Waals surface area contributed by atoms with Gasteiger partial charge in [0.2, 0.25) is 11.7 Å². The van der Waals surface area contributed by atoms with Crippen molar-refractivity contribution in [1.29, 1.82) is 0 Å². The highest BCUT2D eigenvalue weighted by Crippen LogP contribution is 2.32. The van der Waals surface area contributed by atoms with E-state index in [-0.39, 0.29) is 17.6 Å². The number of hydrogen-bond acceptors (Lipinski definition) is 3. The van der Waals surface area contributed by atoms with E-state index in [0.717, 1.165) is 23.8 Å². The molecule has 4 nitrogen and oxygen atoms in total. The molecular formula is C20H16ClNO3. The summed E-state index contributed by atoms with van der Waals surface area (Å²) in [6.45, 7) is 1.86. The summed E-state index contributed by atoms with van der Waals surface area (Å²) in [7, 11) is 0. The van der Waals surface area contributed by atoms with E-state index in [2.05, 4.69) is 5.32 Å². The molecule has 1 N–H and O–H groups in total. The molecule has 1 heterocycles. The number of aryl methyl sites for hydroxylation is 1. The van der Waals surface area contributed by atoms with Crippen LogP contribution in [0.1, 0.15) is 34.5 Å². The summed E-state index contributed by atoms with van der Waals surface area (Å²) < 4.78 is 5.81. The maximum atomic E-state index is 12.7. The number of nitrogens with one attached hydrogen (secondary N) is 1. The maximum absolute atomic E-state index is 12.7. The van der Waals surface area contributed by atoms with Crippen molar-refractivity contribution < 1.29 is 14.0 Å². The van der Waals surface area contributed by atoms with Gasteiger partial charge < -0.3 is 9.73 Å². The van der Waals surface area contributed by atoms with Gasteiger partial charge in [0.05, 0.1) is 0 Å². The van der Waals surface area contributed by atoms with Crippen molar-refractivity contribution in [3.05, 3.63) is 64.4 Å². The fraction of sp³-hybridized carbons (Fsp3) is 0.200. The van der Waals surface area contributed by atoms with Crippen LogP contribution in [0.4, 0.5) is 5.69 Å². The molecule has 1 aliphatic rings. The van der Waals surface area contributed by atoms with E-state index in [1.165, 1.54) is 0 Å². The zero-order valence-electron chi connectivity index (χ0n) is 13.6. The third-order valence-electron chi connectivity index (χ3n) is 4.47. The van der Waals surface area contributed by atoms with Crippen LogP contribution in [0, 0.1) is 12.8 Å². The number of fused-ring (bicyclic) bond motifs is 1.